The Morgan fingerprint density at radius 1 is 1.13 bits per heavy atom. The summed E-state index contributed by atoms with van der Waals surface area (Å²) < 4.78 is 7.37. The molecule has 4 aromatic rings. The second kappa shape index (κ2) is 7.86. The van der Waals surface area contributed by atoms with E-state index < -0.39 is 0 Å². The maximum absolute atomic E-state index is 13.1. The molecule has 1 saturated heterocycles. The van der Waals surface area contributed by atoms with Crippen LogP contribution in [0.3, 0.4) is 0 Å². The zero-order chi connectivity index (χ0) is 20.3. The maximum atomic E-state index is 13.1. The molecule has 0 radical (unpaired) electrons. The lowest BCUT2D eigenvalue weighted by Gasteiger charge is -2.17. The lowest BCUT2D eigenvalue weighted by atomic mass is 10.1. The molecule has 9 heteroatoms. The number of nitrogens with zero attached hydrogens (tertiary/aromatic N) is 7. The van der Waals surface area contributed by atoms with Crippen LogP contribution in [0.25, 0.3) is 10.8 Å². The van der Waals surface area contributed by atoms with Gasteiger partial charge in [0.15, 0.2) is 0 Å². The van der Waals surface area contributed by atoms with Crippen molar-refractivity contribution < 1.29 is 9.53 Å². The second-order valence-corrected chi connectivity index (χ2v) is 7.10. The summed E-state index contributed by atoms with van der Waals surface area (Å²) in [6.07, 6.45) is 9.05. The van der Waals surface area contributed by atoms with Gasteiger partial charge in [-0.05, 0) is 17.9 Å². The van der Waals surface area contributed by atoms with E-state index >= 15 is 0 Å². The molecule has 1 aliphatic heterocycles. The predicted molar refractivity (Wildman–Crippen MR) is 108 cm³/mol. The Labute approximate surface area is 172 Å². The molecule has 5 rings (SSSR count). The number of ether oxygens (including phenoxy) is 1. The van der Waals surface area contributed by atoms with Crippen molar-refractivity contribution in [3.8, 4) is 5.88 Å². The highest BCUT2D eigenvalue weighted by molar-refractivity contribution is 6.05. The number of likely N-dealkylation sites (tertiary alicyclic amines) is 1. The third-order valence-corrected chi connectivity index (χ3v) is 5.17. The Morgan fingerprint density at radius 3 is 2.97 bits per heavy atom. The van der Waals surface area contributed by atoms with Crippen molar-refractivity contribution >= 4 is 16.7 Å². The molecule has 0 bridgehead atoms. The highest BCUT2D eigenvalue weighted by atomic mass is 16.5. The smallest absolute Gasteiger partial charge is 0.273 e. The number of hydrogen-bond acceptors (Lipinski definition) is 7. The molecular weight excluding hydrogens is 382 g/mol. The van der Waals surface area contributed by atoms with Crippen molar-refractivity contribution in [3.05, 3.63) is 72.7 Å². The normalized spacial score (nSPS) is 16.1. The largest absolute Gasteiger partial charge is 0.470 e. The molecule has 1 amide bonds. The summed E-state index contributed by atoms with van der Waals surface area (Å²) in [6.45, 7) is 1.48. The van der Waals surface area contributed by atoms with Crippen LogP contribution in [0.15, 0.2) is 61.3 Å². The zero-order valence-electron chi connectivity index (χ0n) is 16.1. The number of fused-ring (bicyclic) bond motifs is 1. The molecule has 150 valence electrons. The van der Waals surface area contributed by atoms with E-state index in [1.54, 1.807) is 29.5 Å². The van der Waals surface area contributed by atoms with Crippen LogP contribution in [0.1, 0.15) is 28.6 Å². The Bertz CT molecular complexity index is 1170. The van der Waals surface area contributed by atoms with Crippen LogP contribution in [0, 0.1) is 0 Å². The first-order valence-corrected chi connectivity index (χ1v) is 9.70. The fraction of sp³-hybridized carbons (Fsp3) is 0.238. The van der Waals surface area contributed by atoms with Gasteiger partial charge in [0.05, 0.1) is 18.4 Å². The average molecular weight is 401 g/mol. The SMILES string of the molecule is O=C(c1nccc2ccccc12)N1CCC(n2cc(COc3cnccn3)nn2)C1. The number of aromatic nitrogens is 6. The highest BCUT2D eigenvalue weighted by Crippen LogP contribution is 2.25. The van der Waals surface area contributed by atoms with Gasteiger partial charge >= 0.3 is 0 Å². The van der Waals surface area contributed by atoms with Gasteiger partial charge in [0, 0.05) is 37.1 Å². The van der Waals surface area contributed by atoms with E-state index in [0.29, 0.717) is 30.4 Å². The van der Waals surface area contributed by atoms with Crippen molar-refractivity contribution in [1.82, 2.24) is 34.8 Å². The fourth-order valence-corrected chi connectivity index (χ4v) is 3.65. The first kappa shape index (κ1) is 18.2. The standard InChI is InChI=1S/C21H19N7O2/c29-21(20-18-4-2-1-3-15(18)5-7-24-20)27-10-6-17(13-27)28-12-16(25-26-28)14-30-19-11-22-8-9-23-19/h1-5,7-9,11-12,17H,6,10,13-14H2. The molecule has 1 aliphatic rings. The van der Waals surface area contributed by atoms with Crippen LogP contribution in [0.2, 0.25) is 0 Å². The van der Waals surface area contributed by atoms with Gasteiger partial charge in [-0.3, -0.25) is 14.8 Å². The number of hydrogen-bond donors (Lipinski definition) is 0. The minimum atomic E-state index is -0.0550. The lowest BCUT2D eigenvalue weighted by Crippen LogP contribution is -2.30. The van der Waals surface area contributed by atoms with Crippen LogP contribution in [-0.2, 0) is 6.61 Å². The summed E-state index contributed by atoms with van der Waals surface area (Å²) in [5, 5.41) is 10.3. The van der Waals surface area contributed by atoms with E-state index in [2.05, 4.69) is 25.3 Å². The molecule has 1 fully saturated rings. The van der Waals surface area contributed by atoms with Crippen LogP contribution < -0.4 is 4.74 Å². The van der Waals surface area contributed by atoms with E-state index in [-0.39, 0.29) is 18.6 Å². The fourth-order valence-electron chi connectivity index (χ4n) is 3.65. The Morgan fingerprint density at radius 2 is 2.07 bits per heavy atom. The Hall–Kier alpha value is -3.88. The summed E-state index contributed by atoms with van der Waals surface area (Å²) >= 11 is 0. The monoisotopic (exact) mass is 401 g/mol. The Balaban J connectivity index is 1.26. The highest BCUT2D eigenvalue weighted by Gasteiger charge is 2.30. The summed E-state index contributed by atoms with van der Waals surface area (Å²) in [6, 6.07) is 9.79. The van der Waals surface area contributed by atoms with Gasteiger partial charge in [0.1, 0.15) is 18.0 Å². The quantitative estimate of drug-likeness (QED) is 0.506. The van der Waals surface area contributed by atoms with Gasteiger partial charge in [-0.15, -0.1) is 5.10 Å². The molecule has 4 heterocycles. The summed E-state index contributed by atoms with van der Waals surface area (Å²) in [5.41, 5.74) is 1.19. The van der Waals surface area contributed by atoms with Crippen molar-refractivity contribution in [3.63, 3.8) is 0 Å². The lowest BCUT2D eigenvalue weighted by molar-refractivity contribution is 0.0783. The minimum absolute atomic E-state index is 0.0550. The average Bonchev–Trinajstić information content (AvgIpc) is 3.47. The van der Waals surface area contributed by atoms with Crippen molar-refractivity contribution in [1.29, 1.82) is 0 Å². The van der Waals surface area contributed by atoms with E-state index in [0.717, 1.165) is 17.2 Å². The molecule has 0 saturated carbocycles. The van der Waals surface area contributed by atoms with Crippen LogP contribution >= 0.6 is 0 Å². The van der Waals surface area contributed by atoms with E-state index in [1.165, 1.54) is 0 Å². The van der Waals surface area contributed by atoms with E-state index in [1.807, 2.05) is 41.4 Å². The van der Waals surface area contributed by atoms with Crippen LogP contribution in [-0.4, -0.2) is 53.8 Å². The van der Waals surface area contributed by atoms with Gasteiger partial charge in [0.2, 0.25) is 5.88 Å². The van der Waals surface area contributed by atoms with Gasteiger partial charge in [-0.25, -0.2) is 9.67 Å². The molecule has 1 atom stereocenters. The van der Waals surface area contributed by atoms with Crippen molar-refractivity contribution in [2.45, 2.75) is 19.1 Å². The third-order valence-electron chi connectivity index (χ3n) is 5.17. The topological polar surface area (TPSA) is 98.9 Å². The number of benzene rings is 1. The summed E-state index contributed by atoms with van der Waals surface area (Å²) in [4.78, 5) is 27.3. The van der Waals surface area contributed by atoms with Gasteiger partial charge < -0.3 is 9.64 Å². The molecule has 9 nitrogen and oxygen atoms in total. The molecule has 30 heavy (non-hydrogen) atoms. The molecule has 1 aromatic carbocycles. The molecule has 0 N–H and O–H groups in total. The van der Waals surface area contributed by atoms with Crippen molar-refractivity contribution in [2.24, 2.45) is 0 Å². The van der Waals surface area contributed by atoms with Crippen molar-refractivity contribution in [2.75, 3.05) is 13.1 Å². The van der Waals surface area contributed by atoms with Crippen LogP contribution in [0.5, 0.6) is 5.88 Å². The maximum Gasteiger partial charge on any atom is 0.273 e. The van der Waals surface area contributed by atoms with Gasteiger partial charge in [0.25, 0.3) is 5.91 Å². The Kier molecular flexibility index (Phi) is 4.76. The first-order valence-electron chi connectivity index (χ1n) is 9.70. The van der Waals surface area contributed by atoms with E-state index in [9.17, 15) is 4.79 Å². The van der Waals surface area contributed by atoms with Crippen LogP contribution in [0.4, 0.5) is 0 Å². The molecule has 0 spiro atoms. The molecule has 1 unspecified atom stereocenters. The molecular formula is C21H19N7O2. The summed E-state index contributed by atoms with van der Waals surface area (Å²) in [5.74, 6) is 0.382. The van der Waals surface area contributed by atoms with Gasteiger partial charge in [-0.2, -0.15) is 0 Å². The number of carbonyl (C=O) groups is 1. The predicted octanol–water partition coefficient (Wildman–Crippen LogP) is 2.28. The molecule has 0 aliphatic carbocycles. The summed E-state index contributed by atoms with van der Waals surface area (Å²) in [7, 11) is 0. The van der Waals surface area contributed by atoms with E-state index in [4.69, 9.17) is 4.74 Å². The number of amides is 1. The van der Waals surface area contributed by atoms with Gasteiger partial charge in [-0.1, -0.05) is 29.5 Å². The number of pyridine rings is 1. The third kappa shape index (κ3) is 3.57. The number of rotatable bonds is 5. The molecule has 3 aromatic heterocycles. The number of carbonyl (C=O) groups excluding carboxylic acids is 1. The first-order chi connectivity index (χ1) is 14.8. The zero-order valence-corrected chi connectivity index (χ0v) is 16.1. The minimum Gasteiger partial charge on any atom is -0.470 e. The second-order valence-electron chi connectivity index (χ2n) is 7.10.